The van der Waals surface area contributed by atoms with Gasteiger partial charge in [0.2, 0.25) is 0 Å². The Hall–Kier alpha value is -3.61. The third-order valence-electron chi connectivity index (χ3n) is 8.14. The van der Waals surface area contributed by atoms with Crippen LogP contribution in [-0.2, 0) is 33.1 Å². The number of carbonyl (C=O) groups excluding carboxylic acids is 2. The standard InChI is InChI=1S/C31H34F6N2O5/c32-30(33,34)22-14-21(15-23(16-22)31(35,36)37)29(43)39-12-11-24(17-25(39)13-20-7-3-1-4-8-20)38(18-27(40)41)19-28(42)44-26-9-5-2-6-10-26/h1,3-4,7-8,14-16,24-26H,2,5-6,9-13,17-19H2,(H,40,41)/t24-,25+/m0/s1. The summed E-state index contributed by atoms with van der Waals surface area (Å²) in [6.07, 6.45) is -5.59. The molecule has 2 aromatic carbocycles. The summed E-state index contributed by atoms with van der Waals surface area (Å²) in [6, 6.07) is 8.40. The van der Waals surface area contributed by atoms with Crippen molar-refractivity contribution < 1.29 is 50.6 Å². The molecule has 0 bridgehead atoms. The van der Waals surface area contributed by atoms with Crippen molar-refractivity contribution in [3.05, 3.63) is 70.8 Å². The molecule has 1 heterocycles. The molecule has 0 spiro atoms. The highest BCUT2D eigenvalue weighted by Crippen LogP contribution is 2.37. The second kappa shape index (κ2) is 14.0. The monoisotopic (exact) mass is 628 g/mol. The number of aliphatic carboxylic acids is 1. The van der Waals surface area contributed by atoms with Gasteiger partial charge in [0.25, 0.3) is 5.91 Å². The quantitative estimate of drug-likeness (QED) is 0.263. The minimum Gasteiger partial charge on any atom is -0.480 e. The third kappa shape index (κ3) is 8.96. The number of nitrogens with zero attached hydrogens (tertiary/aromatic N) is 2. The van der Waals surface area contributed by atoms with Crippen molar-refractivity contribution in [2.45, 2.75) is 81.9 Å². The Morgan fingerprint density at radius 2 is 1.48 bits per heavy atom. The summed E-state index contributed by atoms with van der Waals surface area (Å²) in [5, 5.41) is 9.58. The van der Waals surface area contributed by atoms with E-state index in [1.54, 1.807) is 30.3 Å². The van der Waals surface area contributed by atoms with Crippen molar-refractivity contribution in [1.29, 1.82) is 0 Å². The van der Waals surface area contributed by atoms with E-state index in [0.717, 1.165) is 37.7 Å². The summed E-state index contributed by atoms with van der Waals surface area (Å²) in [5.41, 5.74) is -3.16. The summed E-state index contributed by atoms with van der Waals surface area (Å²) in [5.74, 6) is -2.75. The van der Waals surface area contributed by atoms with E-state index in [2.05, 4.69) is 0 Å². The number of carboxylic acid groups (broad SMARTS) is 1. The van der Waals surface area contributed by atoms with E-state index >= 15 is 0 Å². The Morgan fingerprint density at radius 1 is 0.864 bits per heavy atom. The van der Waals surface area contributed by atoms with Crippen molar-refractivity contribution in [1.82, 2.24) is 9.80 Å². The zero-order chi connectivity index (χ0) is 32.1. The fourth-order valence-corrected chi connectivity index (χ4v) is 6.01. The maximum absolute atomic E-state index is 13.6. The second-order valence-corrected chi connectivity index (χ2v) is 11.4. The second-order valence-electron chi connectivity index (χ2n) is 11.4. The van der Waals surface area contributed by atoms with Crippen LogP contribution < -0.4 is 0 Å². The molecule has 2 aliphatic rings. The normalized spacial score (nSPS) is 20.0. The molecule has 1 saturated carbocycles. The first kappa shape index (κ1) is 33.3. The van der Waals surface area contributed by atoms with Gasteiger partial charge in [0, 0.05) is 24.2 Å². The van der Waals surface area contributed by atoms with Crippen LogP contribution in [0.15, 0.2) is 48.5 Å². The average Bonchev–Trinajstić information content (AvgIpc) is 2.96. The highest BCUT2D eigenvalue weighted by atomic mass is 19.4. The number of esters is 1. The smallest absolute Gasteiger partial charge is 0.416 e. The fourth-order valence-electron chi connectivity index (χ4n) is 6.01. The highest BCUT2D eigenvalue weighted by Gasteiger charge is 2.40. The lowest BCUT2D eigenvalue weighted by Gasteiger charge is -2.43. The molecule has 0 unspecified atom stereocenters. The number of hydrogen-bond acceptors (Lipinski definition) is 5. The van der Waals surface area contributed by atoms with Crippen molar-refractivity contribution >= 4 is 17.8 Å². The molecular formula is C31H34F6N2O5. The molecular weight excluding hydrogens is 594 g/mol. The lowest BCUT2D eigenvalue weighted by Crippen LogP contribution is -2.54. The van der Waals surface area contributed by atoms with Gasteiger partial charge in [-0.15, -0.1) is 0 Å². The van der Waals surface area contributed by atoms with Gasteiger partial charge in [0.1, 0.15) is 6.10 Å². The zero-order valence-corrected chi connectivity index (χ0v) is 23.9. The van der Waals surface area contributed by atoms with Crippen LogP contribution in [0.5, 0.6) is 0 Å². The molecule has 1 aliphatic heterocycles. The van der Waals surface area contributed by atoms with Gasteiger partial charge in [-0.05, 0) is 68.7 Å². The predicted molar refractivity (Wildman–Crippen MR) is 147 cm³/mol. The minimum atomic E-state index is -5.11. The van der Waals surface area contributed by atoms with Gasteiger partial charge in [0.15, 0.2) is 0 Å². The van der Waals surface area contributed by atoms with Gasteiger partial charge in [-0.1, -0.05) is 36.8 Å². The third-order valence-corrected chi connectivity index (χ3v) is 8.14. The molecule has 4 rings (SSSR count). The zero-order valence-electron chi connectivity index (χ0n) is 23.9. The van der Waals surface area contributed by atoms with Crippen LogP contribution in [0.2, 0.25) is 0 Å². The molecule has 1 N–H and O–H groups in total. The highest BCUT2D eigenvalue weighted by molar-refractivity contribution is 5.95. The number of alkyl halides is 6. The lowest BCUT2D eigenvalue weighted by molar-refractivity contribution is -0.154. The van der Waals surface area contributed by atoms with Crippen LogP contribution >= 0.6 is 0 Å². The number of ether oxygens (including phenoxy) is 1. The van der Waals surface area contributed by atoms with Gasteiger partial charge in [-0.25, -0.2) is 0 Å². The maximum Gasteiger partial charge on any atom is 0.416 e. The number of halogens is 6. The van der Waals surface area contributed by atoms with E-state index < -0.39 is 65.5 Å². The van der Waals surface area contributed by atoms with Crippen molar-refractivity contribution in [2.24, 2.45) is 0 Å². The van der Waals surface area contributed by atoms with Crippen LogP contribution in [-0.4, -0.2) is 70.6 Å². The van der Waals surface area contributed by atoms with Crippen LogP contribution in [0.25, 0.3) is 0 Å². The summed E-state index contributed by atoms with van der Waals surface area (Å²) in [7, 11) is 0. The minimum absolute atomic E-state index is 0.0271. The molecule has 1 aliphatic carbocycles. The first-order valence-corrected chi connectivity index (χ1v) is 14.5. The van der Waals surface area contributed by atoms with E-state index in [1.807, 2.05) is 0 Å². The van der Waals surface area contributed by atoms with Crippen molar-refractivity contribution in [2.75, 3.05) is 19.6 Å². The Kier molecular flexibility index (Phi) is 10.6. The first-order chi connectivity index (χ1) is 20.7. The molecule has 44 heavy (non-hydrogen) atoms. The SMILES string of the molecule is O=C(O)CN(CC(=O)OC1CCCCC1)[C@H]1CCN(C(=O)c2cc(C(F)(F)F)cc(C(F)(F)F)c2)[C@H](Cc2ccccc2)C1. The number of likely N-dealkylation sites (tertiary alicyclic amines) is 1. The Labute approximate surface area is 250 Å². The van der Waals surface area contributed by atoms with Crippen LogP contribution in [0.3, 0.4) is 0 Å². The van der Waals surface area contributed by atoms with Gasteiger partial charge in [-0.2, -0.15) is 26.3 Å². The Balaban J connectivity index is 1.60. The molecule has 2 aromatic rings. The number of carbonyl (C=O) groups is 3. The summed E-state index contributed by atoms with van der Waals surface area (Å²) in [4.78, 5) is 40.9. The molecule has 13 heteroatoms. The van der Waals surface area contributed by atoms with Crippen molar-refractivity contribution in [3.63, 3.8) is 0 Å². The Morgan fingerprint density at radius 3 is 2.05 bits per heavy atom. The van der Waals surface area contributed by atoms with Gasteiger partial charge in [-0.3, -0.25) is 19.3 Å². The van der Waals surface area contributed by atoms with E-state index in [4.69, 9.17) is 4.74 Å². The number of rotatable bonds is 9. The van der Waals surface area contributed by atoms with E-state index in [0.29, 0.717) is 12.1 Å². The van der Waals surface area contributed by atoms with E-state index in [1.165, 1.54) is 9.80 Å². The predicted octanol–water partition coefficient (Wildman–Crippen LogP) is 6.20. The molecule has 1 saturated heterocycles. The molecule has 2 atom stereocenters. The van der Waals surface area contributed by atoms with Crippen molar-refractivity contribution in [3.8, 4) is 0 Å². The maximum atomic E-state index is 13.6. The topological polar surface area (TPSA) is 87.2 Å². The number of amides is 1. The number of hydrogen-bond donors (Lipinski definition) is 1. The summed E-state index contributed by atoms with van der Waals surface area (Å²) >= 11 is 0. The molecule has 0 radical (unpaired) electrons. The van der Waals surface area contributed by atoms with E-state index in [-0.39, 0.29) is 44.5 Å². The lowest BCUT2D eigenvalue weighted by atomic mass is 9.90. The van der Waals surface area contributed by atoms with E-state index in [9.17, 15) is 45.8 Å². The summed E-state index contributed by atoms with van der Waals surface area (Å²) in [6.45, 7) is -0.868. The van der Waals surface area contributed by atoms with Crippen LogP contribution in [0.1, 0.15) is 72.0 Å². The first-order valence-electron chi connectivity index (χ1n) is 14.5. The van der Waals surface area contributed by atoms with Gasteiger partial charge in [0.05, 0.1) is 24.2 Å². The van der Waals surface area contributed by atoms with Crippen LogP contribution in [0.4, 0.5) is 26.3 Å². The number of carboxylic acids is 1. The Bertz CT molecular complexity index is 1280. The molecule has 240 valence electrons. The molecule has 0 aromatic heterocycles. The largest absolute Gasteiger partial charge is 0.480 e. The molecule has 7 nitrogen and oxygen atoms in total. The summed E-state index contributed by atoms with van der Waals surface area (Å²) < 4.78 is 86.7. The van der Waals surface area contributed by atoms with Crippen LogP contribution in [0, 0.1) is 0 Å². The average molecular weight is 629 g/mol. The number of benzene rings is 2. The number of piperidine rings is 1. The fraction of sp³-hybridized carbons (Fsp3) is 0.516. The van der Waals surface area contributed by atoms with Gasteiger partial charge < -0.3 is 14.7 Å². The molecule has 2 fully saturated rings. The molecule has 1 amide bonds. The van der Waals surface area contributed by atoms with Gasteiger partial charge >= 0.3 is 24.3 Å².